The number of nitrogen functional groups attached to an aromatic ring is 1. The molecule has 2 N–H and O–H groups in total. The summed E-state index contributed by atoms with van der Waals surface area (Å²) in [5, 5.41) is 0. The fraction of sp³-hybridized carbons (Fsp3) is 0.545. The molecule has 5 heteroatoms. The second kappa shape index (κ2) is 5.84. The fourth-order valence-electron chi connectivity index (χ4n) is 1.38. The number of hydrogen-bond acceptors (Lipinski definition) is 5. The van der Waals surface area contributed by atoms with E-state index in [4.69, 9.17) is 10.5 Å². The minimum atomic E-state index is 0.427. The number of pyridine rings is 1. The second-order valence-corrected chi connectivity index (χ2v) is 4.59. The number of anilines is 2. The van der Waals surface area contributed by atoms with Crippen molar-refractivity contribution in [3.8, 4) is 5.88 Å². The average molecular weight is 241 g/mol. The van der Waals surface area contributed by atoms with Gasteiger partial charge in [-0.15, -0.1) is 0 Å². The van der Waals surface area contributed by atoms with Gasteiger partial charge in [-0.25, -0.2) is 0 Å². The molecule has 0 aliphatic carbocycles. The molecule has 1 rings (SSSR count). The van der Waals surface area contributed by atoms with Crippen LogP contribution in [0, 0.1) is 0 Å². The number of rotatable bonds is 5. The minimum absolute atomic E-state index is 0.427. The van der Waals surface area contributed by atoms with Crippen LogP contribution in [0.1, 0.15) is 6.92 Å². The highest BCUT2D eigenvalue weighted by Gasteiger charge is 2.12. The van der Waals surface area contributed by atoms with Crippen LogP contribution in [0.15, 0.2) is 12.1 Å². The highest BCUT2D eigenvalue weighted by molar-refractivity contribution is 7.98. The Morgan fingerprint density at radius 3 is 2.81 bits per heavy atom. The van der Waals surface area contributed by atoms with Gasteiger partial charge in [0, 0.05) is 18.8 Å². The maximum absolute atomic E-state index is 5.72. The summed E-state index contributed by atoms with van der Waals surface area (Å²) in [6.07, 6.45) is 2.10. The van der Waals surface area contributed by atoms with Crippen molar-refractivity contribution in [1.29, 1.82) is 0 Å². The number of hydrogen-bond donors (Lipinski definition) is 1. The zero-order valence-electron chi connectivity index (χ0n) is 10.2. The molecule has 90 valence electrons. The van der Waals surface area contributed by atoms with Gasteiger partial charge >= 0.3 is 0 Å². The van der Waals surface area contributed by atoms with Gasteiger partial charge in [0.05, 0.1) is 12.8 Å². The summed E-state index contributed by atoms with van der Waals surface area (Å²) in [5.41, 5.74) is 6.29. The molecular formula is C11H19N3OS. The molecule has 0 bridgehead atoms. The quantitative estimate of drug-likeness (QED) is 0.852. The lowest BCUT2D eigenvalue weighted by atomic mass is 10.3. The lowest BCUT2D eigenvalue weighted by molar-refractivity contribution is 0.400. The first-order chi connectivity index (χ1) is 7.60. The third-order valence-corrected chi connectivity index (χ3v) is 3.31. The Bertz CT molecular complexity index is 346. The Morgan fingerprint density at radius 1 is 1.56 bits per heavy atom. The largest absolute Gasteiger partial charge is 0.479 e. The van der Waals surface area contributed by atoms with Gasteiger partial charge in [-0.3, -0.25) is 0 Å². The van der Waals surface area contributed by atoms with E-state index in [1.54, 1.807) is 7.11 Å². The van der Waals surface area contributed by atoms with Crippen LogP contribution in [0.2, 0.25) is 0 Å². The maximum Gasteiger partial charge on any atom is 0.238 e. The Morgan fingerprint density at radius 2 is 2.25 bits per heavy atom. The van der Waals surface area contributed by atoms with Crippen LogP contribution in [0.4, 0.5) is 11.5 Å². The van der Waals surface area contributed by atoms with Crippen molar-refractivity contribution < 1.29 is 4.74 Å². The number of nitrogens with zero attached hydrogens (tertiary/aromatic N) is 2. The summed E-state index contributed by atoms with van der Waals surface area (Å²) in [7, 11) is 3.60. The first kappa shape index (κ1) is 13.0. The number of nitrogens with two attached hydrogens (primary N) is 1. The van der Waals surface area contributed by atoms with Gasteiger partial charge in [0.1, 0.15) is 5.82 Å². The van der Waals surface area contributed by atoms with E-state index in [0.29, 0.717) is 17.6 Å². The summed E-state index contributed by atoms with van der Waals surface area (Å²) in [4.78, 5) is 6.49. The van der Waals surface area contributed by atoms with Crippen molar-refractivity contribution in [3.63, 3.8) is 0 Å². The Balaban J connectivity index is 2.87. The molecule has 1 aromatic rings. The van der Waals surface area contributed by atoms with Crippen molar-refractivity contribution in [2.75, 3.05) is 36.8 Å². The van der Waals surface area contributed by atoms with Crippen LogP contribution < -0.4 is 15.4 Å². The lowest BCUT2D eigenvalue weighted by Crippen LogP contribution is -2.31. The highest BCUT2D eigenvalue weighted by Crippen LogP contribution is 2.23. The van der Waals surface area contributed by atoms with E-state index in [-0.39, 0.29) is 0 Å². The molecule has 0 saturated heterocycles. The van der Waals surface area contributed by atoms with Crippen LogP contribution in [0.3, 0.4) is 0 Å². The molecule has 0 aromatic carbocycles. The van der Waals surface area contributed by atoms with Crippen molar-refractivity contribution in [3.05, 3.63) is 12.1 Å². The molecule has 0 aliphatic heterocycles. The second-order valence-electron chi connectivity index (χ2n) is 3.68. The predicted molar refractivity (Wildman–Crippen MR) is 71.4 cm³/mol. The van der Waals surface area contributed by atoms with Gasteiger partial charge in [0.15, 0.2) is 0 Å². The van der Waals surface area contributed by atoms with E-state index in [1.165, 1.54) is 0 Å². The molecule has 4 nitrogen and oxygen atoms in total. The predicted octanol–water partition coefficient (Wildman–Crippen LogP) is 1.86. The van der Waals surface area contributed by atoms with Gasteiger partial charge in [-0.2, -0.15) is 16.7 Å². The molecule has 0 amide bonds. The zero-order chi connectivity index (χ0) is 12.1. The molecule has 16 heavy (non-hydrogen) atoms. The monoisotopic (exact) mass is 241 g/mol. The van der Waals surface area contributed by atoms with Crippen molar-refractivity contribution in [2.45, 2.75) is 13.0 Å². The van der Waals surface area contributed by atoms with Crippen LogP contribution in [-0.2, 0) is 0 Å². The van der Waals surface area contributed by atoms with Gasteiger partial charge in [-0.05, 0) is 25.3 Å². The van der Waals surface area contributed by atoms with E-state index in [1.807, 2.05) is 30.9 Å². The normalized spacial score (nSPS) is 12.2. The SMILES string of the molecule is COc1nc(N(C)C(C)CSC)ccc1N. The van der Waals surface area contributed by atoms with Crippen LogP contribution >= 0.6 is 11.8 Å². The third kappa shape index (κ3) is 2.95. The highest BCUT2D eigenvalue weighted by atomic mass is 32.2. The van der Waals surface area contributed by atoms with Crippen LogP contribution in [0.25, 0.3) is 0 Å². The smallest absolute Gasteiger partial charge is 0.238 e. The van der Waals surface area contributed by atoms with Crippen LogP contribution in [0.5, 0.6) is 5.88 Å². The fourth-order valence-corrected chi connectivity index (χ4v) is 2.09. The molecule has 1 aromatic heterocycles. The summed E-state index contributed by atoms with van der Waals surface area (Å²) in [5.74, 6) is 2.43. The number of methoxy groups -OCH3 is 1. The van der Waals surface area contributed by atoms with Crippen LogP contribution in [-0.4, -0.2) is 37.2 Å². The number of aromatic nitrogens is 1. The summed E-state index contributed by atoms with van der Waals surface area (Å²) < 4.78 is 5.11. The Hall–Kier alpha value is -1.10. The Labute approximate surface area is 101 Å². The molecule has 0 radical (unpaired) electrons. The molecule has 0 spiro atoms. The van der Waals surface area contributed by atoms with E-state index >= 15 is 0 Å². The molecule has 1 atom stereocenters. The van der Waals surface area contributed by atoms with E-state index in [0.717, 1.165) is 11.6 Å². The van der Waals surface area contributed by atoms with Gasteiger partial charge in [0.25, 0.3) is 0 Å². The molecule has 0 aliphatic rings. The molecule has 0 saturated carbocycles. The first-order valence-corrected chi connectivity index (χ1v) is 6.51. The van der Waals surface area contributed by atoms with Crippen molar-refractivity contribution in [2.24, 2.45) is 0 Å². The van der Waals surface area contributed by atoms with Crippen molar-refractivity contribution >= 4 is 23.3 Å². The van der Waals surface area contributed by atoms with Crippen molar-refractivity contribution in [1.82, 2.24) is 4.98 Å². The molecule has 1 heterocycles. The minimum Gasteiger partial charge on any atom is -0.479 e. The first-order valence-electron chi connectivity index (χ1n) is 5.12. The number of ether oxygens (including phenoxy) is 1. The third-order valence-electron chi connectivity index (χ3n) is 2.50. The Kier molecular flexibility index (Phi) is 4.73. The summed E-state index contributed by atoms with van der Waals surface area (Å²) in [6, 6.07) is 4.16. The van der Waals surface area contributed by atoms with E-state index in [2.05, 4.69) is 23.1 Å². The summed E-state index contributed by atoms with van der Waals surface area (Å²) >= 11 is 1.82. The van der Waals surface area contributed by atoms with Gasteiger partial charge in [0.2, 0.25) is 5.88 Å². The molecular weight excluding hydrogens is 222 g/mol. The summed E-state index contributed by atoms with van der Waals surface area (Å²) in [6.45, 7) is 2.17. The lowest BCUT2D eigenvalue weighted by Gasteiger charge is -2.25. The molecule has 0 fully saturated rings. The van der Waals surface area contributed by atoms with E-state index in [9.17, 15) is 0 Å². The van der Waals surface area contributed by atoms with Gasteiger partial charge < -0.3 is 15.4 Å². The topological polar surface area (TPSA) is 51.4 Å². The standard InChI is InChI=1S/C11H19N3OS/c1-8(7-16-4)14(2)10-6-5-9(12)11(13-10)15-3/h5-6,8H,7,12H2,1-4H3. The average Bonchev–Trinajstić information content (AvgIpc) is 2.29. The maximum atomic E-state index is 5.72. The zero-order valence-corrected chi connectivity index (χ0v) is 11.0. The number of thioether (sulfide) groups is 1. The van der Waals surface area contributed by atoms with E-state index < -0.39 is 0 Å². The molecule has 1 unspecified atom stereocenters. The van der Waals surface area contributed by atoms with Gasteiger partial charge in [-0.1, -0.05) is 0 Å².